The van der Waals surface area contributed by atoms with E-state index in [4.69, 9.17) is 0 Å². The van der Waals surface area contributed by atoms with E-state index in [-0.39, 0.29) is 33.8 Å². The molecule has 13 rings (SSSR count). The fourth-order valence-corrected chi connectivity index (χ4v) is 14.9. The van der Waals surface area contributed by atoms with Crippen LogP contribution in [0.1, 0.15) is 143 Å². The van der Waals surface area contributed by atoms with Gasteiger partial charge in [-0.3, -0.25) is 0 Å². The highest BCUT2D eigenvalue weighted by Crippen LogP contribution is 2.60. The second-order valence-corrected chi connectivity index (χ2v) is 27.2. The average molecular weight is 972 g/mol. The van der Waals surface area contributed by atoms with E-state index < -0.39 is 0 Å². The van der Waals surface area contributed by atoms with E-state index >= 15 is 0 Å². The van der Waals surface area contributed by atoms with Gasteiger partial charge in [-0.25, -0.2) is 0 Å². The summed E-state index contributed by atoms with van der Waals surface area (Å²) < 4.78 is 2.78. The zero-order valence-corrected chi connectivity index (χ0v) is 46.2. The molecule has 1 atom stereocenters. The second-order valence-electron chi connectivity index (χ2n) is 26.1. The van der Waals surface area contributed by atoms with E-state index in [2.05, 4.69) is 250 Å². The number of nitrogens with zero attached hydrogens (tertiary/aromatic N) is 3. The quantitative estimate of drug-likeness (QED) is 0.163. The Morgan fingerprint density at radius 1 is 0.562 bits per heavy atom. The minimum Gasteiger partial charge on any atom is -0.311 e. The third-order valence-corrected chi connectivity index (χ3v) is 18.9. The van der Waals surface area contributed by atoms with Crippen molar-refractivity contribution >= 4 is 83.6 Å². The summed E-state index contributed by atoms with van der Waals surface area (Å²) in [6.45, 7) is 31.1. The van der Waals surface area contributed by atoms with Gasteiger partial charge in [0.15, 0.2) is 0 Å². The summed E-state index contributed by atoms with van der Waals surface area (Å²) in [5, 5.41) is 1.33. The first-order valence-electron chi connectivity index (χ1n) is 27.1. The molecule has 4 heterocycles. The van der Waals surface area contributed by atoms with E-state index in [0.717, 1.165) is 19.3 Å². The maximum atomic E-state index is 2.73. The Morgan fingerprint density at radius 2 is 1.26 bits per heavy atom. The molecule has 7 aromatic rings. The van der Waals surface area contributed by atoms with Crippen LogP contribution < -0.4 is 30.4 Å². The van der Waals surface area contributed by atoms with E-state index in [1.165, 1.54) is 122 Å². The molecule has 1 aromatic heterocycles. The summed E-state index contributed by atoms with van der Waals surface area (Å²) >= 11 is 2.04. The third-order valence-electron chi connectivity index (χ3n) is 17.7. The summed E-state index contributed by atoms with van der Waals surface area (Å²) in [5.74, 6) is 0.449. The first-order valence-corrected chi connectivity index (χ1v) is 27.9. The van der Waals surface area contributed by atoms with Gasteiger partial charge in [-0.2, -0.15) is 0 Å². The van der Waals surface area contributed by atoms with Gasteiger partial charge in [0.05, 0.1) is 17.1 Å². The predicted molar refractivity (Wildman–Crippen MR) is 317 cm³/mol. The van der Waals surface area contributed by atoms with Crippen LogP contribution >= 0.6 is 11.3 Å². The minimum absolute atomic E-state index is 0.0119. The van der Waals surface area contributed by atoms with E-state index in [0.29, 0.717) is 5.92 Å². The van der Waals surface area contributed by atoms with Crippen LogP contribution in [0.3, 0.4) is 0 Å². The second kappa shape index (κ2) is 15.6. The molecule has 0 saturated carbocycles. The lowest BCUT2D eigenvalue weighted by atomic mass is 9.35. The minimum atomic E-state index is -0.357. The van der Waals surface area contributed by atoms with Crippen molar-refractivity contribution in [3.8, 4) is 11.1 Å². The highest BCUT2D eigenvalue weighted by atomic mass is 32.1. The van der Waals surface area contributed by atoms with Crippen LogP contribution in [-0.2, 0) is 21.7 Å². The van der Waals surface area contributed by atoms with Crippen molar-refractivity contribution in [3.63, 3.8) is 0 Å². The third kappa shape index (κ3) is 6.75. The molecule has 6 aliphatic rings. The van der Waals surface area contributed by atoms with Gasteiger partial charge in [0.2, 0.25) is 0 Å². The summed E-state index contributed by atoms with van der Waals surface area (Å²) in [6.07, 6.45) is 17.9. The van der Waals surface area contributed by atoms with Crippen molar-refractivity contribution in [1.29, 1.82) is 0 Å². The Hall–Kier alpha value is -6.30. The lowest BCUT2D eigenvalue weighted by Gasteiger charge is -2.50. The van der Waals surface area contributed by atoms with Crippen LogP contribution in [0, 0.1) is 11.3 Å². The molecule has 0 amide bonds. The summed E-state index contributed by atoms with van der Waals surface area (Å²) in [5.41, 5.74) is 24.9. The number of hydrogen-bond donors (Lipinski definition) is 0. The van der Waals surface area contributed by atoms with Crippen LogP contribution in [0.15, 0.2) is 157 Å². The standard InChI is InChI=1S/C68H70BN3S/c1-64(2,3)41-27-32-45(33-28-41)71-55-36-31-43(66(7,8)9)37-53(55)69-60-57(40-56-59(62(60)71)68(12,13)51-25-19-20-26-54(51)70(56)44-21-15-14-16-22-44)72(46-34-29-42(30-35-46)65(4,5)6)61-49-38-48-47-23-17-18-24-50(47)67(10,11)52(48)39-58(49)73-63(61)69/h15,17-27,29-41H,14,16,28H2,1-13H3. The first kappa shape index (κ1) is 46.5. The van der Waals surface area contributed by atoms with Crippen LogP contribution in [-0.4, -0.2) is 6.71 Å². The molecule has 0 N–H and O–H groups in total. The van der Waals surface area contributed by atoms with Gasteiger partial charge < -0.3 is 14.7 Å². The van der Waals surface area contributed by atoms with E-state index in [9.17, 15) is 0 Å². The topological polar surface area (TPSA) is 9.72 Å². The van der Waals surface area contributed by atoms with Crippen molar-refractivity contribution in [3.05, 3.63) is 190 Å². The Morgan fingerprint density at radius 3 is 1.95 bits per heavy atom. The average Bonchev–Trinajstić information content (AvgIpc) is 3.83. The number of allylic oxidation sites excluding steroid dienone is 6. The molecule has 0 spiro atoms. The van der Waals surface area contributed by atoms with Gasteiger partial charge >= 0.3 is 0 Å². The number of fused-ring (bicyclic) bond motifs is 12. The van der Waals surface area contributed by atoms with Crippen LogP contribution in [0.2, 0.25) is 0 Å². The molecule has 0 saturated heterocycles. The monoisotopic (exact) mass is 972 g/mol. The molecule has 3 aliphatic heterocycles. The first-order chi connectivity index (χ1) is 34.6. The van der Waals surface area contributed by atoms with Gasteiger partial charge in [-0.15, -0.1) is 11.3 Å². The molecule has 3 nitrogen and oxygen atoms in total. The zero-order valence-electron chi connectivity index (χ0n) is 45.4. The predicted octanol–water partition coefficient (Wildman–Crippen LogP) is 17.1. The number of benzene rings is 6. The van der Waals surface area contributed by atoms with Gasteiger partial charge in [-0.05, 0) is 146 Å². The number of thiophene rings is 1. The van der Waals surface area contributed by atoms with Crippen molar-refractivity contribution < 1.29 is 0 Å². The summed E-state index contributed by atoms with van der Waals surface area (Å²) in [6, 6.07) is 43.4. The molecule has 6 aromatic carbocycles. The van der Waals surface area contributed by atoms with Crippen molar-refractivity contribution in [2.75, 3.05) is 14.7 Å². The molecule has 1 unspecified atom stereocenters. The Kier molecular flexibility index (Phi) is 9.95. The fourth-order valence-electron chi connectivity index (χ4n) is 13.6. The van der Waals surface area contributed by atoms with Crippen molar-refractivity contribution in [2.45, 2.75) is 131 Å². The van der Waals surface area contributed by atoms with Crippen LogP contribution in [0.25, 0.3) is 21.2 Å². The molecule has 73 heavy (non-hydrogen) atoms. The smallest absolute Gasteiger partial charge is 0.264 e. The molecule has 366 valence electrons. The zero-order chi connectivity index (χ0) is 50.9. The van der Waals surface area contributed by atoms with Gasteiger partial charge in [-0.1, -0.05) is 181 Å². The lowest BCUT2D eigenvalue weighted by Crippen LogP contribution is -2.61. The highest BCUT2D eigenvalue weighted by molar-refractivity contribution is 7.33. The van der Waals surface area contributed by atoms with Gasteiger partial charge in [0.25, 0.3) is 6.71 Å². The van der Waals surface area contributed by atoms with Gasteiger partial charge in [0.1, 0.15) is 0 Å². The number of anilines is 7. The molecule has 0 fully saturated rings. The number of para-hydroxylation sites is 1. The summed E-state index contributed by atoms with van der Waals surface area (Å²) in [4.78, 5) is 8.07. The van der Waals surface area contributed by atoms with Crippen molar-refractivity contribution in [1.82, 2.24) is 0 Å². The molecule has 0 radical (unpaired) electrons. The maximum Gasteiger partial charge on any atom is 0.264 e. The van der Waals surface area contributed by atoms with Gasteiger partial charge in [0, 0.05) is 65.4 Å². The van der Waals surface area contributed by atoms with Crippen LogP contribution in [0.5, 0.6) is 0 Å². The molecule has 0 bridgehead atoms. The Balaban J connectivity index is 1.20. The Bertz CT molecular complexity index is 3630. The lowest BCUT2D eigenvalue weighted by molar-refractivity contribution is 0.293. The van der Waals surface area contributed by atoms with E-state index in [1.807, 2.05) is 11.3 Å². The highest BCUT2D eigenvalue weighted by Gasteiger charge is 2.52. The summed E-state index contributed by atoms with van der Waals surface area (Å²) in [7, 11) is 0. The number of rotatable bonds is 3. The number of hydrogen-bond acceptors (Lipinski definition) is 4. The SMILES string of the molecule is CC(C)(C)c1ccc(N2c3cc4c(c5c3B(c3cc(C(C)(C)C)ccc3N5C3=CCC(C(C)(C)C)C=C3)c3sc5cc6c(cc5c32)-c2ccccc2C6(C)C)C(C)(C)c2ccccc2N4C2=CCCC=C2)cc1. The van der Waals surface area contributed by atoms with Crippen molar-refractivity contribution in [2.24, 2.45) is 11.3 Å². The Labute approximate surface area is 439 Å². The van der Waals surface area contributed by atoms with Crippen LogP contribution in [0.4, 0.5) is 39.8 Å². The fraction of sp³-hybridized carbons (Fsp3) is 0.324. The maximum absolute atomic E-state index is 2.73. The normalized spacial score (nSPS) is 18.9. The van der Waals surface area contributed by atoms with E-state index in [1.54, 1.807) is 0 Å². The molecule has 3 aliphatic carbocycles. The molecule has 5 heteroatoms. The largest absolute Gasteiger partial charge is 0.311 e. The molecular formula is C68H70BN3S. The molecular weight excluding hydrogens is 902 g/mol.